The molecule has 0 aliphatic rings. The normalized spacial score (nSPS) is 12.2. The number of fused-ring (bicyclic) bond motifs is 1. The van der Waals surface area contributed by atoms with Crippen molar-refractivity contribution in [2.75, 3.05) is 0 Å². The average molecular weight is 361 g/mol. The average Bonchev–Trinajstić information content (AvgIpc) is 3.19. The molecular formula is C22H19NO2S. The highest BCUT2D eigenvalue weighted by Crippen LogP contribution is 2.37. The van der Waals surface area contributed by atoms with Crippen molar-refractivity contribution in [2.24, 2.45) is 0 Å². The van der Waals surface area contributed by atoms with Crippen molar-refractivity contribution in [3.05, 3.63) is 82.7 Å². The molecule has 2 aromatic carbocycles. The van der Waals surface area contributed by atoms with Gasteiger partial charge in [-0.2, -0.15) is 0 Å². The number of carbonyl (C=O) groups is 1. The van der Waals surface area contributed by atoms with Crippen LogP contribution in [-0.2, 0) is 0 Å². The maximum atomic E-state index is 12.9. The molecule has 0 fully saturated rings. The van der Waals surface area contributed by atoms with Gasteiger partial charge in [0.15, 0.2) is 5.58 Å². The van der Waals surface area contributed by atoms with E-state index in [0.717, 1.165) is 26.5 Å². The van der Waals surface area contributed by atoms with Crippen molar-refractivity contribution in [1.82, 2.24) is 5.32 Å². The first-order valence-electron chi connectivity index (χ1n) is 8.57. The summed E-state index contributed by atoms with van der Waals surface area (Å²) in [5.41, 5.74) is 3.39. The summed E-state index contributed by atoms with van der Waals surface area (Å²) in [6.07, 6.45) is 0. The molecule has 4 rings (SSSR count). The van der Waals surface area contributed by atoms with Crippen molar-refractivity contribution < 1.29 is 9.21 Å². The van der Waals surface area contributed by atoms with Crippen LogP contribution in [0, 0.1) is 6.92 Å². The van der Waals surface area contributed by atoms with Gasteiger partial charge in [0.25, 0.3) is 5.91 Å². The summed E-state index contributed by atoms with van der Waals surface area (Å²) in [5, 5.41) is 3.09. The monoisotopic (exact) mass is 361 g/mol. The summed E-state index contributed by atoms with van der Waals surface area (Å²) in [4.78, 5) is 13.9. The van der Waals surface area contributed by atoms with E-state index in [1.54, 1.807) is 11.3 Å². The SMILES string of the molecule is Cc1sc2cc(-c3ccccc3)oc2c1C(=O)N[C@@H](C)c1ccccc1. The molecule has 0 saturated carbocycles. The molecule has 2 aromatic heterocycles. The van der Waals surface area contributed by atoms with Gasteiger partial charge in [0.1, 0.15) is 5.76 Å². The minimum atomic E-state index is -0.0981. The van der Waals surface area contributed by atoms with Crippen molar-refractivity contribution in [3.63, 3.8) is 0 Å². The van der Waals surface area contributed by atoms with Gasteiger partial charge in [-0.15, -0.1) is 11.3 Å². The molecule has 3 nitrogen and oxygen atoms in total. The number of benzene rings is 2. The molecule has 0 radical (unpaired) electrons. The lowest BCUT2D eigenvalue weighted by atomic mass is 10.1. The summed E-state index contributed by atoms with van der Waals surface area (Å²) in [6.45, 7) is 3.95. The molecule has 2 heterocycles. The van der Waals surface area contributed by atoms with Gasteiger partial charge < -0.3 is 9.73 Å². The highest BCUT2D eigenvalue weighted by molar-refractivity contribution is 7.19. The number of hydrogen-bond acceptors (Lipinski definition) is 3. The molecule has 4 heteroatoms. The first kappa shape index (κ1) is 16.6. The second-order valence-corrected chi connectivity index (χ2v) is 7.57. The number of carbonyl (C=O) groups excluding carboxylic acids is 1. The van der Waals surface area contributed by atoms with E-state index < -0.39 is 0 Å². The fourth-order valence-electron chi connectivity index (χ4n) is 3.10. The Morgan fingerprint density at radius 1 is 1.04 bits per heavy atom. The number of hydrogen-bond donors (Lipinski definition) is 1. The van der Waals surface area contributed by atoms with E-state index in [2.05, 4.69) is 5.32 Å². The van der Waals surface area contributed by atoms with Gasteiger partial charge >= 0.3 is 0 Å². The summed E-state index contributed by atoms with van der Waals surface area (Å²) in [7, 11) is 0. The third-order valence-corrected chi connectivity index (χ3v) is 5.51. The fraction of sp³-hybridized carbons (Fsp3) is 0.136. The Morgan fingerprint density at radius 3 is 2.38 bits per heavy atom. The van der Waals surface area contributed by atoms with E-state index in [-0.39, 0.29) is 11.9 Å². The van der Waals surface area contributed by atoms with Crippen LogP contribution in [0.4, 0.5) is 0 Å². The predicted molar refractivity (Wildman–Crippen MR) is 107 cm³/mol. The zero-order chi connectivity index (χ0) is 18.1. The fourth-order valence-corrected chi connectivity index (χ4v) is 4.12. The number of thiophene rings is 1. The minimum Gasteiger partial charge on any atom is -0.454 e. The van der Waals surface area contributed by atoms with Gasteiger partial charge in [-0.25, -0.2) is 0 Å². The molecule has 26 heavy (non-hydrogen) atoms. The van der Waals surface area contributed by atoms with Crippen LogP contribution < -0.4 is 5.32 Å². The number of aryl methyl sites for hydroxylation is 1. The Balaban J connectivity index is 1.66. The largest absolute Gasteiger partial charge is 0.454 e. The van der Waals surface area contributed by atoms with Gasteiger partial charge in [-0.05, 0) is 19.4 Å². The van der Waals surface area contributed by atoms with Crippen LogP contribution in [0.5, 0.6) is 0 Å². The molecule has 0 spiro atoms. The number of amides is 1. The number of furan rings is 1. The van der Waals surface area contributed by atoms with Crippen molar-refractivity contribution in [2.45, 2.75) is 19.9 Å². The molecule has 130 valence electrons. The van der Waals surface area contributed by atoms with Crippen LogP contribution in [0.2, 0.25) is 0 Å². The highest BCUT2D eigenvalue weighted by Gasteiger charge is 2.22. The van der Waals surface area contributed by atoms with E-state index in [9.17, 15) is 4.79 Å². The van der Waals surface area contributed by atoms with Gasteiger partial charge in [-0.1, -0.05) is 60.7 Å². The van der Waals surface area contributed by atoms with Crippen LogP contribution in [0.25, 0.3) is 21.6 Å². The maximum absolute atomic E-state index is 12.9. The topological polar surface area (TPSA) is 42.2 Å². The maximum Gasteiger partial charge on any atom is 0.256 e. The van der Waals surface area contributed by atoms with E-state index in [1.165, 1.54) is 0 Å². The van der Waals surface area contributed by atoms with Gasteiger partial charge in [0.05, 0.1) is 16.3 Å². The second kappa shape index (κ2) is 6.81. The molecular weight excluding hydrogens is 342 g/mol. The van der Waals surface area contributed by atoms with Crippen molar-refractivity contribution in [3.8, 4) is 11.3 Å². The first-order valence-corrected chi connectivity index (χ1v) is 9.39. The second-order valence-electron chi connectivity index (χ2n) is 6.31. The molecule has 0 bridgehead atoms. The van der Waals surface area contributed by atoms with Crippen LogP contribution in [-0.4, -0.2) is 5.91 Å². The molecule has 0 aliphatic carbocycles. The molecule has 0 unspecified atom stereocenters. The lowest BCUT2D eigenvalue weighted by Gasteiger charge is -2.14. The van der Waals surface area contributed by atoms with Crippen LogP contribution in [0.15, 0.2) is 71.1 Å². The molecule has 0 saturated heterocycles. The Kier molecular flexibility index (Phi) is 4.35. The third kappa shape index (κ3) is 3.04. The Bertz CT molecular complexity index is 1050. The van der Waals surface area contributed by atoms with Crippen LogP contribution in [0.3, 0.4) is 0 Å². The number of nitrogens with one attached hydrogen (secondary N) is 1. The van der Waals surface area contributed by atoms with E-state index in [4.69, 9.17) is 4.42 Å². The summed E-state index contributed by atoms with van der Waals surface area (Å²) in [6, 6.07) is 21.8. The zero-order valence-corrected chi connectivity index (χ0v) is 15.5. The van der Waals surface area contributed by atoms with E-state index in [0.29, 0.717) is 11.1 Å². The highest BCUT2D eigenvalue weighted by atomic mass is 32.1. The molecule has 1 amide bonds. The lowest BCUT2D eigenvalue weighted by molar-refractivity contribution is 0.0940. The molecule has 1 atom stereocenters. The van der Waals surface area contributed by atoms with Crippen LogP contribution >= 0.6 is 11.3 Å². The minimum absolute atomic E-state index is 0.0680. The standard InChI is InChI=1S/C22H19NO2S/c1-14(16-9-5-3-6-10-16)23-22(24)20-15(2)26-19-13-18(25-21(19)20)17-11-7-4-8-12-17/h3-14H,1-2H3,(H,23,24)/t14-/m0/s1. The summed E-state index contributed by atoms with van der Waals surface area (Å²) < 4.78 is 7.06. The first-order chi connectivity index (χ1) is 12.6. The van der Waals surface area contributed by atoms with E-state index in [1.807, 2.05) is 80.6 Å². The Hall–Kier alpha value is -2.85. The Labute approximate surface area is 156 Å². The smallest absolute Gasteiger partial charge is 0.256 e. The third-order valence-electron chi connectivity index (χ3n) is 4.47. The van der Waals surface area contributed by atoms with Crippen molar-refractivity contribution in [1.29, 1.82) is 0 Å². The summed E-state index contributed by atoms with van der Waals surface area (Å²) in [5.74, 6) is 0.691. The van der Waals surface area contributed by atoms with Crippen LogP contribution in [0.1, 0.15) is 33.8 Å². The Morgan fingerprint density at radius 2 is 1.69 bits per heavy atom. The van der Waals surface area contributed by atoms with Crippen molar-refractivity contribution >= 4 is 27.5 Å². The number of rotatable bonds is 4. The molecule has 4 aromatic rings. The quantitative estimate of drug-likeness (QED) is 0.487. The zero-order valence-electron chi connectivity index (χ0n) is 14.7. The lowest BCUT2D eigenvalue weighted by Crippen LogP contribution is -2.26. The van der Waals surface area contributed by atoms with Gasteiger partial charge in [0.2, 0.25) is 0 Å². The molecule has 1 N–H and O–H groups in total. The predicted octanol–water partition coefficient (Wildman–Crippen LogP) is 5.96. The van der Waals surface area contributed by atoms with Gasteiger partial charge in [0, 0.05) is 16.5 Å². The molecule has 0 aliphatic heterocycles. The summed E-state index contributed by atoms with van der Waals surface area (Å²) >= 11 is 1.59. The van der Waals surface area contributed by atoms with Gasteiger partial charge in [-0.3, -0.25) is 4.79 Å². The van der Waals surface area contributed by atoms with E-state index >= 15 is 0 Å².